The van der Waals surface area contributed by atoms with Gasteiger partial charge in [0.1, 0.15) is 36.1 Å². The average molecular weight is 398 g/mol. The van der Waals surface area contributed by atoms with E-state index in [2.05, 4.69) is 21.7 Å². The van der Waals surface area contributed by atoms with Crippen molar-refractivity contribution >= 4 is 11.7 Å². The van der Waals surface area contributed by atoms with Crippen LogP contribution in [0.15, 0.2) is 36.5 Å². The van der Waals surface area contributed by atoms with E-state index in [1.54, 1.807) is 30.3 Å². The predicted molar refractivity (Wildman–Crippen MR) is 103 cm³/mol. The van der Waals surface area contributed by atoms with E-state index in [9.17, 15) is 18.8 Å². The smallest absolute Gasteiger partial charge is 0.231 e. The van der Waals surface area contributed by atoms with Crippen LogP contribution in [-0.4, -0.2) is 42.4 Å². The number of nitriles is 1. The number of piperidine rings is 1. The molecule has 8 heteroatoms. The zero-order chi connectivity index (χ0) is 20.4. The molecule has 0 radical (unpaired) electrons. The lowest BCUT2D eigenvalue weighted by molar-refractivity contribution is -0.117. The van der Waals surface area contributed by atoms with Crippen molar-refractivity contribution in [3.63, 3.8) is 0 Å². The van der Waals surface area contributed by atoms with Crippen LogP contribution in [0.5, 0.6) is 5.75 Å². The van der Waals surface area contributed by atoms with Gasteiger partial charge in [-0.1, -0.05) is 6.07 Å². The average Bonchev–Trinajstić information content (AvgIpc) is 3.47. The van der Waals surface area contributed by atoms with Crippen molar-refractivity contribution in [2.45, 2.75) is 31.3 Å². The van der Waals surface area contributed by atoms with Gasteiger partial charge in [0.15, 0.2) is 0 Å². The Morgan fingerprint density at radius 3 is 2.76 bits per heavy atom. The molecule has 4 rings (SSSR count). The number of amides is 1. The first-order valence-electron chi connectivity index (χ1n) is 9.52. The van der Waals surface area contributed by atoms with Crippen LogP contribution >= 0.6 is 0 Å². The number of hydrogen-bond acceptors (Lipinski definition) is 5. The summed E-state index contributed by atoms with van der Waals surface area (Å²) >= 11 is 0. The summed E-state index contributed by atoms with van der Waals surface area (Å²) in [5.74, 6) is -0.320. The molecule has 1 saturated heterocycles. The fraction of sp³-hybridized carbons (Fsp3) is 0.381. The first kappa shape index (κ1) is 19.3. The normalized spacial score (nSPS) is 25.7. The molecule has 2 fully saturated rings. The summed E-state index contributed by atoms with van der Waals surface area (Å²) in [4.78, 5) is 16.0. The Morgan fingerprint density at radius 2 is 2.03 bits per heavy atom. The molecular weight excluding hydrogens is 378 g/mol. The number of ether oxygens (including phenoxy) is 1. The van der Waals surface area contributed by atoms with Gasteiger partial charge < -0.3 is 15.4 Å². The lowest BCUT2D eigenvalue weighted by Crippen LogP contribution is -2.44. The van der Waals surface area contributed by atoms with E-state index in [1.807, 2.05) is 0 Å². The number of pyridine rings is 1. The monoisotopic (exact) mass is 398 g/mol. The molecule has 1 saturated carbocycles. The number of carbonyl (C=O) groups excluding carboxylic acids is 1. The van der Waals surface area contributed by atoms with Crippen LogP contribution in [0.1, 0.15) is 18.4 Å². The van der Waals surface area contributed by atoms with E-state index in [0.717, 1.165) is 11.1 Å². The number of carbonyl (C=O) groups is 1. The zero-order valence-corrected chi connectivity index (χ0v) is 15.6. The molecule has 1 aliphatic carbocycles. The van der Waals surface area contributed by atoms with Crippen molar-refractivity contribution < 1.29 is 18.3 Å². The summed E-state index contributed by atoms with van der Waals surface area (Å²) in [5, 5.41) is 15.1. The number of aromatic nitrogens is 1. The molecule has 0 spiro atoms. The summed E-state index contributed by atoms with van der Waals surface area (Å²) < 4.78 is 32.8. The second-order valence-electron chi connectivity index (χ2n) is 7.27. The Balaban J connectivity index is 1.52. The van der Waals surface area contributed by atoms with Crippen molar-refractivity contribution in [2.24, 2.45) is 5.92 Å². The molecule has 0 bridgehead atoms. The topological polar surface area (TPSA) is 87.0 Å². The molecule has 150 valence electrons. The largest absolute Gasteiger partial charge is 0.486 e. The Labute approximate surface area is 166 Å². The highest BCUT2D eigenvalue weighted by Gasteiger charge is 2.43. The molecule has 2 aliphatic rings. The van der Waals surface area contributed by atoms with E-state index < -0.39 is 24.4 Å². The Morgan fingerprint density at radius 1 is 1.24 bits per heavy atom. The molecule has 29 heavy (non-hydrogen) atoms. The van der Waals surface area contributed by atoms with Gasteiger partial charge in [0, 0.05) is 12.7 Å². The highest BCUT2D eigenvalue weighted by molar-refractivity contribution is 5.94. The molecular formula is C21H20F2N4O2. The van der Waals surface area contributed by atoms with Crippen molar-refractivity contribution in [1.29, 1.82) is 5.26 Å². The summed E-state index contributed by atoms with van der Waals surface area (Å²) in [6, 6.07) is 10.6. The van der Waals surface area contributed by atoms with E-state index >= 15 is 0 Å². The van der Waals surface area contributed by atoms with E-state index in [1.165, 1.54) is 6.20 Å². The summed E-state index contributed by atoms with van der Waals surface area (Å²) in [6.45, 7) is 0.904. The van der Waals surface area contributed by atoms with Crippen LogP contribution in [0.25, 0.3) is 11.1 Å². The summed E-state index contributed by atoms with van der Waals surface area (Å²) in [5.41, 5.74) is 1.76. The number of hydrogen-bond donors (Lipinski definition) is 2. The molecule has 2 heterocycles. The van der Waals surface area contributed by atoms with Gasteiger partial charge in [-0.25, -0.2) is 13.8 Å². The molecule has 6 nitrogen and oxygen atoms in total. The molecule has 1 aromatic heterocycles. The van der Waals surface area contributed by atoms with Crippen LogP contribution in [0.2, 0.25) is 0 Å². The summed E-state index contributed by atoms with van der Waals surface area (Å²) in [7, 11) is 0. The maximum Gasteiger partial charge on any atom is 0.231 e. The molecule has 4 atom stereocenters. The number of benzene rings is 1. The van der Waals surface area contributed by atoms with Gasteiger partial charge in [-0.05, 0) is 54.8 Å². The fourth-order valence-electron chi connectivity index (χ4n) is 3.32. The van der Waals surface area contributed by atoms with Crippen LogP contribution < -0.4 is 15.4 Å². The third-order valence-electron chi connectivity index (χ3n) is 5.12. The maximum atomic E-state index is 14.0. The standard InChI is InChI=1S/C21H20F2N4O2/c22-16-9-15(16)21(28)27-20-8-13(3-6-26-20)12-1-2-18(14(7-12)10-24)29-19-4-5-25-11-17(19)23/h1-3,6-8,15-17,19,25H,4-5,9,11H2,(H,26,27,28)/t15-,16+,17-,19+/m1/s1. The van der Waals surface area contributed by atoms with E-state index in [0.29, 0.717) is 30.1 Å². The molecule has 1 aromatic carbocycles. The summed E-state index contributed by atoms with van der Waals surface area (Å²) in [6.07, 6.45) is -0.482. The third-order valence-corrected chi connectivity index (χ3v) is 5.12. The van der Waals surface area contributed by atoms with Crippen LogP contribution in [0.4, 0.5) is 14.6 Å². The second-order valence-corrected chi connectivity index (χ2v) is 7.27. The number of rotatable bonds is 5. The van der Waals surface area contributed by atoms with Crippen molar-refractivity contribution in [2.75, 3.05) is 18.4 Å². The molecule has 1 aliphatic heterocycles. The van der Waals surface area contributed by atoms with E-state index in [-0.39, 0.29) is 18.9 Å². The Hall–Kier alpha value is -3.05. The van der Waals surface area contributed by atoms with Gasteiger partial charge in [0.05, 0.1) is 11.5 Å². The lowest BCUT2D eigenvalue weighted by atomic mass is 10.0. The molecule has 1 amide bonds. The van der Waals surface area contributed by atoms with Crippen LogP contribution in [0.3, 0.4) is 0 Å². The Bertz CT molecular complexity index is 962. The van der Waals surface area contributed by atoms with Gasteiger partial charge in [0.25, 0.3) is 0 Å². The highest BCUT2D eigenvalue weighted by atomic mass is 19.1. The minimum atomic E-state index is -1.13. The van der Waals surface area contributed by atoms with Crippen molar-refractivity contribution in [3.05, 3.63) is 42.1 Å². The number of anilines is 1. The number of nitrogens with one attached hydrogen (secondary N) is 2. The second kappa shape index (κ2) is 8.13. The maximum absolute atomic E-state index is 14.0. The van der Waals surface area contributed by atoms with Gasteiger partial charge >= 0.3 is 0 Å². The van der Waals surface area contributed by atoms with Crippen LogP contribution in [-0.2, 0) is 4.79 Å². The first-order chi connectivity index (χ1) is 14.0. The minimum absolute atomic E-state index is 0.236. The quantitative estimate of drug-likeness (QED) is 0.809. The lowest BCUT2D eigenvalue weighted by Gasteiger charge is -2.27. The highest BCUT2D eigenvalue weighted by Crippen LogP contribution is 2.35. The van der Waals surface area contributed by atoms with Gasteiger partial charge in [0.2, 0.25) is 5.91 Å². The SMILES string of the molecule is N#Cc1cc(-c2ccnc(NC(=O)[C@@H]3C[C@@H]3F)c2)ccc1O[C@H]1CCNC[C@H]1F. The molecule has 2 aromatic rings. The first-order valence-corrected chi connectivity index (χ1v) is 9.52. The van der Waals surface area contributed by atoms with E-state index in [4.69, 9.17) is 4.74 Å². The minimum Gasteiger partial charge on any atom is -0.486 e. The van der Waals surface area contributed by atoms with Crippen molar-refractivity contribution in [1.82, 2.24) is 10.3 Å². The zero-order valence-electron chi connectivity index (χ0n) is 15.6. The van der Waals surface area contributed by atoms with Crippen LogP contribution in [0, 0.1) is 17.2 Å². The van der Waals surface area contributed by atoms with Gasteiger partial charge in [-0.15, -0.1) is 0 Å². The third kappa shape index (κ3) is 4.35. The van der Waals surface area contributed by atoms with Crippen molar-refractivity contribution in [3.8, 4) is 22.9 Å². The Kier molecular flexibility index (Phi) is 5.41. The molecule has 0 unspecified atom stereocenters. The van der Waals surface area contributed by atoms with Gasteiger partial charge in [-0.2, -0.15) is 5.26 Å². The van der Waals surface area contributed by atoms with Gasteiger partial charge in [-0.3, -0.25) is 4.79 Å². The number of nitrogens with zero attached hydrogens (tertiary/aromatic N) is 2. The molecule has 2 N–H and O–H groups in total. The predicted octanol–water partition coefficient (Wildman–Crippen LogP) is 3.00. The number of halogens is 2. The fourth-order valence-corrected chi connectivity index (χ4v) is 3.32. The number of alkyl halides is 2.